The number of halogens is 3. The zero-order valence-electron chi connectivity index (χ0n) is 27.0. The molecule has 5 aromatic heterocycles. The number of rotatable bonds is 9. The van der Waals surface area contributed by atoms with Crippen LogP contribution in [-0.2, 0) is 11.3 Å². The van der Waals surface area contributed by atoms with Crippen LogP contribution in [0.15, 0.2) is 73.7 Å². The summed E-state index contributed by atoms with van der Waals surface area (Å²) in [7, 11) is 0. The van der Waals surface area contributed by atoms with Crippen LogP contribution in [0.2, 0.25) is 5.02 Å². The number of aromatic nitrogens is 10. The van der Waals surface area contributed by atoms with Gasteiger partial charge in [0.15, 0.2) is 18.1 Å². The summed E-state index contributed by atoms with van der Waals surface area (Å²) >= 11 is 6.14. The van der Waals surface area contributed by atoms with Gasteiger partial charge in [0.2, 0.25) is 17.5 Å². The molecule has 1 aromatic carbocycles. The molecule has 0 saturated carbocycles. The number of benzene rings is 1. The average molecular weight is 715 g/mol. The van der Waals surface area contributed by atoms with Gasteiger partial charge in [-0.05, 0) is 60.0 Å². The Morgan fingerprint density at radius 1 is 1.02 bits per heavy atom. The summed E-state index contributed by atoms with van der Waals surface area (Å²) in [6.45, 7) is 2.67. The van der Waals surface area contributed by atoms with Crippen molar-refractivity contribution >= 4 is 29.2 Å². The molecule has 0 spiro atoms. The molecular weight excluding hydrogens is 686 g/mol. The van der Waals surface area contributed by atoms with Crippen LogP contribution < -0.4 is 10.0 Å². The highest BCUT2D eigenvalue weighted by Gasteiger charge is 2.28. The minimum atomic E-state index is -0.846. The fourth-order valence-corrected chi connectivity index (χ4v) is 6.22. The highest BCUT2D eigenvalue weighted by Crippen LogP contribution is 2.34. The van der Waals surface area contributed by atoms with Crippen molar-refractivity contribution in [1.82, 2.24) is 49.7 Å². The maximum Gasteiger partial charge on any atom is 0.257 e. The SMILES string of the molecule is CC(=O)Nc1ccc(-c2cnn([C@@H](Cn3cc(C(=O)N4CCCCC4)cn3)c3ccc(-c4c(-n5cnnn5)ccc(Cl)c4F)c[n+]3[O-])c2)c(F)n1. The Bertz CT molecular complexity index is 2230. The summed E-state index contributed by atoms with van der Waals surface area (Å²) < 4.78 is 35.5. The van der Waals surface area contributed by atoms with Crippen molar-refractivity contribution in [2.45, 2.75) is 38.8 Å². The van der Waals surface area contributed by atoms with Gasteiger partial charge < -0.3 is 15.4 Å². The minimum Gasteiger partial charge on any atom is -0.618 e. The Balaban J connectivity index is 1.26. The van der Waals surface area contributed by atoms with E-state index in [1.165, 1.54) is 76.2 Å². The van der Waals surface area contributed by atoms with Crippen LogP contribution >= 0.6 is 11.6 Å². The van der Waals surface area contributed by atoms with E-state index in [0.29, 0.717) is 28.9 Å². The summed E-state index contributed by atoms with van der Waals surface area (Å²) in [5.41, 5.74) is 1.49. The van der Waals surface area contributed by atoms with E-state index in [9.17, 15) is 14.8 Å². The van der Waals surface area contributed by atoms with Crippen LogP contribution in [0.1, 0.15) is 48.3 Å². The first kappa shape index (κ1) is 33.4. The van der Waals surface area contributed by atoms with Gasteiger partial charge in [-0.2, -0.15) is 24.0 Å². The van der Waals surface area contributed by atoms with Crippen molar-refractivity contribution in [3.05, 3.63) is 107 Å². The molecule has 1 atom stereocenters. The Hall–Kier alpha value is -6.10. The van der Waals surface area contributed by atoms with Gasteiger partial charge in [-0.1, -0.05) is 11.6 Å². The number of anilines is 1. The molecule has 6 aromatic rings. The minimum absolute atomic E-state index is 0.00232. The van der Waals surface area contributed by atoms with E-state index >= 15 is 8.78 Å². The lowest BCUT2D eigenvalue weighted by Crippen LogP contribution is -2.37. The van der Waals surface area contributed by atoms with E-state index in [-0.39, 0.29) is 51.4 Å². The third-order valence-corrected chi connectivity index (χ3v) is 8.80. The van der Waals surface area contributed by atoms with E-state index in [0.717, 1.165) is 19.3 Å². The lowest BCUT2D eigenvalue weighted by atomic mass is 10.0. The third-order valence-electron chi connectivity index (χ3n) is 8.51. The molecule has 18 heteroatoms. The van der Waals surface area contributed by atoms with Crippen molar-refractivity contribution in [3.8, 4) is 27.9 Å². The summed E-state index contributed by atoms with van der Waals surface area (Å²) in [4.78, 5) is 30.2. The zero-order valence-corrected chi connectivity index (χ0v) is 27.8. The summed E-state index contributed by atoms with van der Waals surface area (Å²) in [6, 6.07) is 8.05. The van der Waals surface area contributed by atoms with E-state index in [1.807, 2.05) is 0 Å². The Morgan fingerprint density at radius 2 is 1.84 bits per heavy atom. The molecule has 1 N–H and O–H groups in total. The molecule has 0 unspecified atom stereocenters. The maximum atomic E-state index is 15.5. The predicted octanol–water partition coefficient (Wildman–Crippen LogP) is 4.22. The molecule has 51 heavy (non-hydrogen) atoms. The number of tetrazole rings is 1. The molecule has 1 fully saturated rings. The molecule has 6 heterocycles. The summed E-state index contributed by atoms with van der Waals surface area (Å²) in [5, 5.41) is 36.1. The van der Waals surface area contributed by atoms with Crippen molar-refractivity contribution < 1.29 is 23.1 Å². The van der Waals surface area contributed by atoms with E-state index in [2.05, 4.69) is 36.0 Å². The zero-order chi connectivity index (χ0) is 35.6. The third kappa shape index (κ3) is 6.87. The van der Waals surface area contributed by atoms with Crippen molar-refractivity contribution in [2.24, 2.45) is 0 Å². The Kier molecular flexibility index (Phi) is 9.18. The first-order chi connectivity index (χ1) is 24.7. The number of piperidine rings is 1. The van der Waals surface area contributed by atoms with E-state index in [4.69, 9.17) is 11.6 Å². The van der Waals surface area contributed by atoms with Crippen LogP contribution in [0.4, 0.5) is 14.6 Å². The van der Waals surface area contributed by atoms with E-state index < -0.39 is 23.7 Å². The largest absolute Gasteiger partial charge is 0.618 e. The maximum absolute atomic E-state index is 15.5. The van der Waals surface area contributed by atoms with Crippen LogP contribution in [0.25, 0.3) is 27.9 Å². The van der Waals surface area contributed by atoms with Gasteiger partial charge in [-0.3, -0.25) is 19.0 Å². The molecule has 1 aliphatic rings. The van der Waals surface area contributed by atoms with Crippen LogP contribution in [0.5, 0.6) is 0 Å². The quantitative estimate of drug-likeness (QED) is 0.131. The second kappa shape index (κ2) is 14.0. The Morgan fingerprint density at radius 3 is 2.57 bits per heavy atom. The molecule has 260 valence electrons. The molecule has 0 radical (unpaired) electrons. The normalized spacial score (nSPS) is 13.7. The number of carbonyl (C=O) groups excluding carboxylic acids is 2. The van der Waals surface area contributed by atoms with Gasteiger partial charge in [-0.15, -0.1) is 5.10 Å². The fraction of sp³-hybridized carbons (Fsp3) is 0.242. The highest BCUT2D eigenvalue weighted by molar-refractivity contribution is 6.31. The molecule has 1 saturated heterocycles. The molecule has 0 aliphatic carbocycles. The highest BCUT2D eigenvalue weighted by atomic mass is 35.5. The average Bonchev–Trinajstić information content (AvgIpc) is 3.92. The van der Waals surface area contributed by atoms with E-state index in [1.54, 1.807) is 23.4 Å². The first-order valence-corrected chi connectivity index (χ1v) is 16.3. The van der Waals surface area contributed by atoms with Crippen molar-refractivity contribution in [1.29, 1.82) is 0 Å². The van der Waals surface area contributed by atoms with Gasteiger partial charge in [-0.25, -0.2) is 9.37 Å². The number of hydrogen-bond acceptors (Lipinski definition) is 9. The van der Waals surface area contributed by atoms with Gasteiger partial charge in [0.1, 0.15) is 12.1 Å². The van der Waals surface area contributed by atoms with Gasteiger partial charge >= 0.3 is 0 Å². The first-order valence-electron chi connectivity index (χ1n) is 15.9. The van der Waals surface area contributed by atoms with Crippen LogP contribution in [0.3, 0.4) is 0 Å². The van der Waals surface area contributed by atoms with Crippen LogP contribution in [0, 0.1) is 17.0 Å². The van der Waals surface area contributed by atoms with Crippen molar-refractivity contribution in [3.63, 3.8) is 0 Å². The van der Waals surface area contributed by atoms with Gasteiger partial charge in [0, 0.05) is 49.6 Å². The monoisotopic (exact) mass is 714 g/mol. The standard InChI is InChI=1S/C33H29ClF2N12O3/c1-20(49)40-29-10-6-24(32(36)41-29)22-13-39-46(16-22)28(18-45-15-23(14-38-45)33(50)44-11-3-2-4-12-44)26-8-5-21(17-48(26)51)30-27(47-19-37-42-43-47)9-7-25(34)31(30)35/h5-10,13-17,19,28H,2-4,11-12,18H2,1H3,(H,40,41,49)/t28-/m0/s1. The molecular formula is C33H29ClF2N12O3. The summed E-state index contributed by atoms with van der Waals surface area (Å²) in [5.74, 6) is -2.08. The number of hydrogen-bond donors (Lipinski definition) is 1. The number of pyridine rings is 2. The second-order valence-corrected chi connectivity index (χ2v) is 12.3. The van der Waals surface area contributed by atoms with Crippen LogP contribution in [-0.4, -0.2) is 74.6 Å². The fourth-order valence-electron chi connectivity index (χ4n) is 6.07. The molecule has 0 bridgehead atoms. The number of nitrogens with one attached hydrogen (secondary N) is 1. The topological polar surface area (TPSA) is 168 Å². The second-order valence-electron chi connectivity index (χ2n) is 11.9. The lowest BCUT2D eigenvalue weighted by Gasteiger charge is -2.26. The van der Waals surface area contributed by atoms with Gasteiger partial charge in [0.05, 0.1) is 46.3 Å². The molecule has 15 nitrogen and oxygen atoms in total. The lowest BCUT2D eigenvalue weighted by molar-refractivity contribution is -0.615. The van der Waals surface area contributed by atoms with Crippen molar-refractivity contribution in [2.75, 3.05) is 18.4 Å². The number of likely N-dealkylation sites (tertiary alicyclic amines) is 1. The molecule has 1 aliphatic heterocycles. The number of carbonyl (C=O) groups is 2. The predicted molar refractivity (Wildman–Crippen MR) is 178 cm³/mol. The summed E-state index contributed by atoms with van der Waals surface area (Å²) in [6.07, 6.45) is 11.5. The molecule has 2 amide bonds. The van der Waals surface area contributed by atoms with Gasteiger partial charge in [0.25, 0.3) is 5.91 Å². The number of amides is 2. The Labute approximate surface area is 293 Å². The number of nitrogens with zero attached hydrogens (tertiary/aromatic N) is 11. The molecule has 7 rings (SSSR count). The smallest absolute Gasteiger partial charge is 0.257 e.